The Morgan fingerprint density at radius 2 is 1.54 bits per heavy atom. The zero-order valence-corrected chi connectivity index (χ0v) is 16.3. The molecule has 0 aliphatic heterocycles. The van der Waals surface area contributed by atoms with Gasteiger partial charge in [-0.25, -0.2) is 4.79 Å². The minimum atomic E-state index is -0.501. The maximum atomic E-state index is 12.7. The quantitative estimate of drug-likeness (QED) is 0.662. The van der Waals surface area contributed by atoms with Crippen LogP contribution in [0.2, 0.25) is 0 Å². The van der Waals surface area contributed by atoms with Gasteiger partial charge >= 0.3 is 5.69 Å². The minimum Gasteiger partial charge on any atom is -0.383 e. The molecule has 6 nitrogen and oxygen atoms in total. The van der Waals surface area contributed by atoms with Gasteiger partial charge in [0.15, 0.2) is 0 Å². The third kappa shape index (κ3) is 4.52. The van der Waals surface area contributed by atoms with Gasteiger partial charge in [0, 0.05) is 13.1 Å². The lowest BCUT2D eigenvalue weighted by Gasteiger charge is -2.28. The van der Waals surface area contributed by atoms with E-state index in [0.29, 0.717) is 31.2 Å². The standard InChI is InChI=1S/C22H26N4O2/c1-16(2)13-25(14-17-9-5-3-6-10-17)19-20(23)26(22(28)24-21(19)27)15-18-11-7-4-8-12-18/h3-12,16H,13-15,23H2,1-2H3,(H,24,27,28). The van der Waals surface area contributed by atoms with Crippen LogP contribution in [0.15, 0.2) is 70.3 Å². The summed E-state index contributed by atoms with van der Waals surface area (Å²) >= 11 is 0. The summed E-state index contributed by atoms with van der Waals surface area (Å²) < 4.78 is 1.42. The third-order valence-electron chi connectivity index (χ3n) is 4.52. The first-order chi connectivity index (χ1) is 13.5. The Morgan fingerprint density at radius 1 is 0.964 bits per heavy atom. The first kappa shape index (κ1) is 19.5. The molecule has 2 aromatic carbocycles. The molecule has 1 heterocycles. The Bertz CT molecular complexity index is 1020. The highest BCUT2D eigenvalue weighted by molar-refractivity contribution is 5.62. The SMILES string of the molecule is CC(C)CN(Cc1ccccc1)c1c(N)n(Cc2ccccc2)c(=O)[nH]c1=O. The average Bonchev–Trinajstić information content (AvgIpc) is 2.66. The van der Waals surface area contributed by atoms with Crippen LogP contribution >= 0.6 is 0 Å². The number of anilines is 2. The summed E-state index contributed by atoms with van der Waals surface area (Å²) in [5.74, 6) is 0.506. The number of nitrogens with zero attached hydrogens (tertiary/aromatic N) is 2. The first-order valence-electron chi connectivity index (χ1n) is 9.41. The van der Waals surface area contributed by atoms with Crippen molar-refractivity contribution < 1.29 is 0 Å². The van der Waals surface area contributed by atoms with E-state index < -0.39 is 11.2 Å². The van der Waals surface area contributed by atoms with Gasteiger partial charge in [0.1, 0.15) is 11.5 Å². The largest absolute Gasteiger partial charge is 0.383 e. The summed E-state index contributed by atoms with van der Waals surface area (Å²) in [6.07, 6.45) is 0. The van der Waals surface area contributed by atoms with Crippen LogP contribution < -0.4 is 21.9 Å². The van der Waals surface area contributed by atoms with E-state index in [0.717, 1.165) is 11.1 Å². The second-order valence-corrected chi connectivity index (χ2v) is 7.32. The van der Waals surface area contributed by atoms with Crippen LogP contribution in [0.4, 0.5) is 11.5 Å². The molecule has 0 radical (unpaired) electrons. The number of aromatic nitrogens is 2. The van der Waals surface area contributed by atoms with Crippen molar-refractivity contribution in [3.8, 4) is 0 Å². The lowest BCUT2D eigenvalue weighted by Crippen LogP contribution is -2.39. The van der Waals surface area contributed by atoms with Gasteiger partial charge in [-0.2, -0.15) is 0 Å². The Hall–Kier alpha value is -3.28. The predicted octanol–water partition coefficient (Wildman–Crippen LogP) is 2.83. The van der Waals surface area contributed by atoms with Crippen molar-refractivity contribution in [3.63, 3.8) is 0 Å². The molecular weight excluding hydrogens is 352 g/mol. The number of rotatable bonds is 7. The highest BCUT2D eigenvalue weighted by Crippen LogP contribution is 2.21. The van der Waals surface area contributed by atoms with Crippen LogP contribution in [0.1, 0.15) is 25.0 Å². The normalized spacial score (nSPS) is 11.0. The minimum absolute atomic E-state index is 0.189. The van der Waals surface area contributed by atoms with E-state index in [2.05, 4.69) is 18.8 Å². The van der Waals surface area contributed by atoms with Crippen LogP contribution in [0.5, 0.6) is 0 Å². The van der Waals surface area contributed by atoms with Gasteiger partial charge in [-0.3, -0.25) is 14.3 Å². The lowest BCUT2D eigenvalue weighted by atomic mass is 10.1. The molecule has 0 bridgehead atoms. The van der Waals surface area contributed by atoms with E-state index in [-0.39, 0.29) is 5.82 Å². The van der Waals surface area contributed by atoms with Crippen molar-refractivity contribution in [1.82, 2.24) is 9.55 Å². The number of hydrogen-bond acceptors (Lipinski definition) is 4. The monoisotopic (exact) mass is 378 g/mol. The van der Waals surface area contributed by atoms with Crippen molar-refractivity contribution in [1.29, 1.82) is 0 Å². The van der Waals surface area contributed by atoms with E-state index in [4.69, 9.17) is 5.73 Å². The van der Waals surface area contributed by atoms with Crippen molar-refractivity contribution in [2.24, 2.45) is 5.92 Å². The number of hydrogen-bond donors (Lipinski definition) is 2. The fraction of sp³-hybridized carbons (Fsp3) is 0.273. The molecule has 0 spiro atoms. The fourth-order valence-electron chi connectivity index (χ4n) is 3.29. The Balaban J connectivity index is 2.05. The fourth-order valence-corrected chi connectivity index (χ4v) is 3.29. The van der Waals surface area contributed by atoms with Crippen LogP contribution in [-0.4, -0.2) is 16.1 Å². The molecule has 0 aliphatic carbocycles. The molecule has 3 N–H and O–H groups in total. The summed E-state index contributed by atoms with van der Waals surface area (Å²) in [6, 6.07) is 19.5. The molecule has 146 valence electrons. The van der Waals surface area contributed by atoms with Crippen molar-refractivity contribution in [2.75, 3.05) is 17.2 Å². The Morgan fingerprint density at radius 3 is 2.11 bits per heavy atom. The summed E-state index contributed by atoms with van der Waals surface area (Å²) in [5.41, 5.74) is 7.76. The molecule has 0 saturated heterocycles. The highest BCUT2D eigenvalue weighted by atomic mass is 16.2. The Labute approximate surface area is 164 Å². The molecule has 1 aromatic heterocycles. The number of H-pyrrole nitrogens is 1. The zero-order valence-electron chi connectivity index (χ0n) is 16.3. The predicted molar refractivity (Wildman–Crippen MR) is 114 cm³/mol. The molecule has 3 aromatic rings. The maximum absolute atomic E-state index is 12.7. The molecule has 0 saturated carbocycles. The molecule has 6 heteroatoms. The van der Waals surface area contributed by atoms with Gasteiger partial charge in [-0.05, 0) is 17.0 Å². The van der Waals surface area contributed by atoms with Crippen LogP contribution in [0.3, 0.4) is 0 Å². The van der Waals surface area contributed by atoms with Crippen molar-refractivity contribution >= 4 is 11.5 Å². The molecule has 0 atom stereocenters. The molecule has 0 unspecified atom stereocenters. The van der Waals surface area contributed by atoms with E-state index >= 15 is 0 Å². The van der Waals surface area contributed by atoms with E-state index in [1.807, 2.05) is 65.6 Å². The molecular formula is C22H26N4O2. The van der Waals surface area contributed by atoms with Gasteiger partial charge in [0.2, 0.25) is 0 Å². The number of benzene rings is 2. The molecule has 0 amide bonds. The summed E-state index contributed by atoms with van der Waals surface area (Å²) in [5, 5.41) is 0. The molecule has 28 heavy (non-hydrogen) atoms. The lowest BCUT2D eigenvalue weighted by molar-refractivity contribution is 0.603. The number of nitrogens with one attached hydrogen (secondary N) is 1. The van der Waals surface area contributed by atoms with E-state index in [9.17, 15) is 9.59 Å². The summed E-state index contributed by atoms with van der Waals surface area (Å²) in [6.45, 7) is 5.66. The van der Waals surface area contributed by atoms with Crippen molar-refractivity contribution in [3.05, 3.63) is 92.6 Å². The first-order valence-corrected chi connectivity index (χ1v) is 9.41. The van der Waals surface area contributed by atoms with Gasteiger partial charge < -0.3 is 10.6 Å². The van der Waals surface area contributed by atoms with Gasteiger partial charge in [-0.15, -0.1) is 0 Å². The van der Waals surface area contributed by atoms with Crippen LogP contribution in [0, 0.1) is 5.92 Å². The summed E-state index contributed by atoms with van der Waals surface area (Å²) in [7, 11) is 0. The van der Waals surface area contributed by atoms with Crippen LogP contribution in [-0.2, 0) is 13.1 Å². The maximum Gasteiger partial charge on any atom is 0.330 e. The second kappa shape index (κ2) is 8.61. The van der Waals surface area contributed by atoms with Gasteiger partial charge in [0.25, 0.3) is 5.56 Å². The zero-order chi connectivity index (χ0) is 20.1. The number of nitrogen functional groups attached to an aromatic ring is 1. The van der Waals surface area contributed by atoms with Crippen LogP contribution in [0.25, 0.3) is 0 Å². The molecule has 0 fully saturated rings. The third-order valence-corrected chi connectivity index (χ3v) is 4.52. The smallest absolute Gasteiger partial charge is 0.330 e. The highest BCUT2D eigenvalue weighted by Gasteiger charge is 2.20. The summed E-state index contributed by atoms with van der Waals surface area (Å²) in [4.78, 5) is 29.5. The van der Waals surface area contributed by atoms with Gasteiger partial charge in [0.05, 0.1) is 6.54 Å². The number of aromatic amines is 1. The van der Waals surface area contributed by atoms with E-state index in [1.54, 1.807) is 0 Å². The number of nitrogens with two attached hydrogens (primary N) is 1. The topological polar surface area (TPSA) is 84.1 Å². The van der Waals surface area contributed by atoms with Crippen molar-refractivity contribution in [2.45, 2.75) is 26.9 Å². The second-order valence-electron chi connectivity index (χ2n) is 7.32. The van der Waals surface area contributed by atoms with Gasteiger partial charge in [-0.1, -0.05) is 74.5 Å². The molecule has 0 aliphatic rings. The van der Waals surface area contributed by atoms with E-state index in [1.165, 1.54) is 4.57 Å². The Kier molecular flexibility index (Phi) is 5.99. The molecule has 3 rings (SSSR count). The average molecular weight is 378 g/mol.